The molecule has 1 aromatic carbocycles. The molecular weight excluding hydrogens is 333 g/mol. The minimum atomic E-state index is -0.883. The predicted octanol–water partition coefficient (Wildman–Crippen LogP) is 2.69. The van der Waals surface area contributed by atoms with E-state index in [9.17, 15) is 9.50 Å². The van der Waals surface area contributed by atoms with Gasteiger partial charge in [0.15, 0.2) is 0 Å². The molecule has 0 radical (unpaired) electrons. The number of methoxy groups -OCH3 is 1. The average Bonchev–Trinajstić information content (AvgIpc) is 3.04. The number of imidazole rings is 1. The van der Waals surface area contributed by atoms with E-state index < -0.39 is 5.60 Å². The molecule has 1 aromatic heterocycles. The maximum atomic E-state index is 14.3. The number of rotatable bonds is 4. The second-order valence-electron chi connectivity index (χ2n) is 7.66. The van der Waals surface area contributed by atoms with Gasteiger partial charge in [0.05, 0.1) is 7.11 Å². The molecule has 6 heteroatoms. The van der Waals surface area contributed by atoms with E-state index in [0.29, 0.717) is 17.9 Å². The van der Waals surface area contributed by atoms with Gasteiger partial charge in [0.1, 0.15) is 23.0 Å². The summed E-state index contributed by atoms with van der Waals surface area (Å²) in [6.45, 7) is 2.07. The maximum absolute atomic E-state index is 14.3. The first-order valence-electron chi connectivity index (χ1n) is 9.27. The van der Waals surface area contributed by atoms with Crippen molar-refractivity contribution in [3.8, 4) is 5.75 Å². The van der Waals surface area contributed by atoms with Gasteiger partial charge in [-0.3, -0.25) is 4.90 Å². The summed E-state index contributed by atoms with van der Waals surface area (Å²) < 4.78 is 21.4. The summed E-state index contributed by atoms with van der Waals surface area (Å²) in [5.74, 6) is 1.31. The largest absolute Gasteiger partial charge is 0.497 e. The fraction of sp³-hybridized carbons (Fsp3) is 0.550. The van der Waals surface area contributed by atoms with Gasteiger partial charge in [0, 0.05) is 62.5 Å². The van der Waals surface area contributed by atoms with Gasteiger partial charge in [0.2, 0.25) is 0 Å². The lowest BCUT2D eigenvalue weighted by molar-refractivity contribution is -0.155. The van der Waals surface area contributed by atoms with Crippen LogP contribution < -0.4 is 4.74 Å². The number of aliphatic hydroxyl groups is 1. The third-order valence-corrected chi connectivity index (χ3v) is 6.14. The summed E-state index contributed by atoms with van der Waals surface area (Å²) in [6.07, 6.45) is 6.72. The molecule has 1 saturated carbocycles. The molecule has 0 spiro atoms. The van der Waals surface area contributed by atoms with Gasteiger partial charge in [-0.1, -0.05) is 12.5 Å². The summed E-state index contributed by atoms with van der Waals surface area (Å²) in [5.41, 5.74) is -0.211. The van der Waals surface area contributed by atoms with Crippen LogP contribution in [0.5, 0.6) is 5.75 Å². The van der Waals surface area contributed by atoms with E-state index in [1.165, 1.54) is 6.07 Å². The Labute approximate surface area is 153 Å². The number of piperidine rings is 1. The molecule has 2 heterocycles. The van der Waals surface area contributed by atoms with Crippen LogP contribution in [0.15, 0.2) is 30.6 Å². The highest BCUT2D eigenvalue weighted by Gasteiger charge is 2.53. The first-order chi connectivity index (χ1) is 12.5. The molecule has 0 amide bonds. The van der Waals surface area contributed by atoms with Crippen LogP contribution in [0.2, 0.25) is 0 Å². The van der Waals surface area contributed by atoms with Crippen molar-refractivity contribution in [3.63, 3.8) is 0 Å². The van der Waals surface area contributed by atoms with Crippen molar-refractivity contribution in [2.24, 2.45) is 18.9 Å². The van der Waals surface area contributed by atoms with Crippen LogP contribution in [-0.4, -0.2) is 39.8 Å². The lowest BCUT2D eigenvalue weighted by Crippen LogP contribution is -2.58. The number of hydrogen-bond donors (Lipinski definition) is 1. The first-order valence-corrected chi connectivity index (χ1v) is 9.27. The number of benzene rings is 1. The molecular formula is C20H26FN3O2. The molecule has 0 unspecified atom stereocenters. The SMILES string of the molecule is COc1ccc(CN2C[C@@H]3CCC[C@@H](C2)C3(O)c2nccn2C)c(F)c1. The van der Waals surface area contributed by atoms with E-state index in [2.05, 4.69) is 9.88 Å². The average molecular weight is 359 g/mol. The molecule has 1 aliphatic heterocycles. The van der Waals surface area contributed by atoms with Crippen molar-refractivity contribution >= 4 is 0 Å². The van der Waals surface area contributed by atoms with Gasteiger partial charge in [-0.25, -0.2) is 9.37 Å². The summed E-state index contributed by atoms with van der Waals surface area (Å²) >= 11 is 0. The summed E-state index contributed by atoms with van der Waals surface area (Å²) in [6, 6.07) is 5.03. The van der Waals surface area contributed by atoms with E-state index in [-0.39, 0.29) is 17.7 Å². The highest BCUT2D eigenvalue weighted by Crippen LogP contribution is 2.48. The molecule has 2 atom stereocenters. The Bertz CT molecular complexity index is 777. The first kappa shape index (κ1) is 17.5. The zero-order valence-electron chi connectivity index (χ0n) is 15.4. The van der Waals surface area contributed by atoms with Crippen LogP contribution in [0.4, 0.5) is 4.39 Å². The second-order valence-corrected chi connectivity index (χ2v) is 7.66. The van der Waals surface area contributed by atoms with E-state index in [1.807, 2.05) is 17.8 Å². The fourth-order valence-corrected chi connectivity index (χ4v) is 4.81. The molecule has 1 saturated heterocycles. The molecule has 1 aliphatic carbocycles. The Kier molecular flexibility index (Phi) is 4.49. The number of fused-ring (bicyclic) bond motifs is 2. The summed E-state index contributed by atoms with van der Waals surface area (Å²) in [7, 11) is 3.48. The standard InChI is InChI=1S/C20H26FN3O2/c1-23-9-8-22-19(23)20(25)15-4-3-5-16(20)13-24(12-15)11-14-6-7-17(26-2)10-18(14)21/h6-10,15-16,25H,3-5,11-13H2,1-2H3/t15-,16-/m0/s1. The molecule has 5 nitrogen and oxygen atoms in total. The monoisotopic (exact) mass is 359 g/mol. The zero-order valence-corrected chi connectivity index (χ0v) is 15.4. The normalized spacial score (nSPS) is 28.9. The van der Waals surface area contributed by atoms with Crippen molar-refractivity contribution in [1.29, 1.82) is 0 Å². The van der Waals surface area contributed by atoms with Crippen molar-refractivity contribution in [2.45, 2.75) is 31.4 Å². The molecule has 140 valence electrons. The van der Waals surface area contributed by atoms with Crippen molar-refractivity contribution < 1.29 is 14.2 Å². The quantitative estimate of drug-likeness (QED) is 0.912. The fourth-order valence-electron chi connectivity index (χ4n) is 4.81. The highest BCUT2D eigenvalue weighted by molar-refractivity contribution is 5.29. The second kappa shape index (κ2) is 6.67. The van der Waals surface area contributed by atoms with E-state index >= 15 is 0 Å². The maximum Gasteiger partial charge on any atom is 0.141 e. The highest BCUT2D eigenvalue weighted by atomic mass is 19.1. The molecule has 2 aliphatic rings. The van der Waals surface area contributed by atoms with Crippen molar-refractivity contribution in [1.82, 2.24) is 14.5 Å². The van der Waals surface area contributed by atoms with E-state index in [0.717, 1.165) is 38.2 Å². The molecule has 4 rings (SSSR count). The number of aryl methyl sites for hydroxylation is 1. The number of halogens is 1. The number of aromatic nitrogens is 2. The Morgan fingerprint density at radius 2 is 2.04 bits per heavy atom. The molecule has 26 heavy (non-hydrogen) atoms. The van der Waals surface area contributed by atoms with Gasteiger partial charge >= 0.3 is 0 Å². The third-order valence-electron chi connectivity index (χ3n) is 6.14. The molecule has 1 N–H and O–H groups in total. The van der Waals surface area contributed by atoms with E-state index in [1.54, 1.807) is 25.4 Å². The van der Waals surface area contributed by atoms with Crippen LogP contribution in [0.1, 0.15) is 30.7 Å². The Morgan fingerprint density at radius 3 is 2.62 bits per heavy atom. The number of hydrogen-bond acceptors (Lipinski definition) is 4. The minimum Gasteiger partial charge on any atom is -0.497 e. The third kappa shape index (κ3) is 2.81. The summed E-state index contributed by atoms with van der Waals surface area (Å²) in [5, 5.41) is 11.6. The lowest BCUT2D eigenvalue weighted by Gasteiger charge is -2.52. The molecule has 2 fully saturated rings. The summed E-state index contributed by atoms with van der Waals surface area (Å²) in [4.78, 5) is 6.73. The molecule has 2 aromatic rings. The van der Waals surface area contributed by atoms with Crippen LogP contribution in [0.3, 0.4) is 0 Å². The number of nitrogens with zero attached hydrogens (tertiary/aromatic N) is 3. The topological polar surface area (TPSA) is 50.5 Å². The predicted molar refractivity (Wildman–Crippen MR) is 96.2 cm³/mol. The van der Waals surface area contributed by atoms with Crippen LogP contribution in [-0.2, 0) is 19.2 Å². The number of likely N-dealkylation sites (tertiary alicyclic amines) is 1. The molecule has 2 bridgehead atoms. The Balaban J connectivity index is 1.56. The zero-order chi connectivity index (χ0) is 18.3. The minimum absolute atomic E-state index is 0.123. The van der Waals surface area contributed by atoms with Crippen molar-refractivity contribution in [3.05, 3.63) is 47.8 Å². The van der Waals surface area contributed by atoms with Crippen molar-refractivity contribution in [2.75, 3.05) is 20.2 Å². The van der Waals surface area contributed by atoms with Crippen LogP contribution in [0, 0.1) is 17.7 Å². The van der Waals surface area contributed by atoms with Gasteiger partial charge < -0.3 is 14.4 Å². The van der Waals surface area contributed by atoms with Crippen LogP contribution in [0.25, 0.3) is 0 Å². The van der Waals surface area contributed by atoms with Gasteiger partial charge in [-0.05, 0) is 18.9 Å². The smallest absolute Gasteiger partial charge is 0.141 e. The van der Waals surface area contributed by atoms with Gasteiger partial charge in [-0.15, -0.1) is 0 Å². The lowest BCUT2D eigenvalue weighted by atomic mass is 9.65. The van der Waals surface area contributed by atoms with Gasteiger partial charge in [-0.2, -0.15) is 0 Å². The van der Waals surface area contributed by atoms with Gasteiger partial charge in [0.25, 0.3) is 0 Å². The number of ether oxygens (including phenoxy) is 1. The Morgan fingerprint density at radius 1 is 1.31 bits per heavy atom. The van der Waals surface area contributed by atoms with Crippen LogP contribution >= 0.6 is 0 Å². The Hall–Kier alpha value is -1.92. The van der Waals surface area contributed by atoms with E-state index in [4.69, 9.17) is 4.74 Å².